The maximum Gasteiger partial charge on any atom is 0.222 e. The van der Waals surface area contributed by atoms with Gasteiger partial charge in [0.15, 0.2) is 0 Å². The maximum absolute atomic E-state index is 12.6. The molecule has 1 unspecified atom stereocenters. The Labute approximate surface area is 123 Å². The van der Waals surface area contributed by atoms with Gasteiger partial charge in [0.2, 0.25) is 5.91 Å². The van der Waals surface area contributed by atoms with Crippen LogP contribution in [0.5, 0.6) is 0 Å². The number of piperidine rings is 2. The molecule has 0 bridgehead atoms. The van der Waals surface area contributed by atoms with Crippen LogP contribution < -0.4 is 5.32 Å². The highest BCUT2D eigenvalue weighted by Gasteiger charge is 2.38. The summed E-state index contributed by atoms with van der Waals surface area (Å²) in [7, 11) is 0. The fourth-order valence-corrected chi connectivity index (χ4v) is 4.57. The molecule has 0 aromatic heterocycles. The van der Waals surface area contributed by atoms with Crippen molar-refractivity contribution in [2.24, 2.45) is 11.3 Å². The lowest BCUT2D eigenvalue weighted by Crippen LogP contribution is -2.52. The van der Waals surface area contributed by atoms with Crippen LogP contribution in [0.2, 0.25) is 0 Å². The summed E-state index contributed by atoms with van der Waals surface area (Å²) in [5.74, 6) is 1.13. The molecule has 20 heavy (non-hydrogen) atoms. The quantitative estimate of drug-likeness (QED) is 0.842. The Morgan fingerprint density at radius 2 is 1.90 bits per heavy atom. The Hall–Kier alpha value is -0.570. The fraction of sp³-hybridized carbons (Fsp3) is 0.941. The van der Waals surface area contributed by atoms with E-state index in [1.165, 1.54) is 57.8 Å². The average molecular weight is 278 g/mol. The zero-order chi connectivity index (χ0) is 13.8. The molecule has 2 aliphatic heterocycles. The van der Waals surface area contributed by atoms with Crippen molar-refractivity contribution in [3.8, 4) is 0 Å². The van der Waals surface area contributed by atoms with Gasteiger partial charge >= 0.3 is 0 Å². The Morgan fingerprint density at radius 3 is 2.65 bits per heavy atom. The lowest BCUT2D eigenvalue weighted by Gasteiger charge is -2.45. The Morgan fingerprint density at radius 1 is 1.10 bits per heavy atom. The summed E-state index contributed by atoms with van der Waals surface area (Å²) in [6.45, 7) is 4.32. The molecule has 3 heteroatoms. The van der Waals surface area contributed by atoms with E-state index in [2.05, 4.69) is 10.2 Å². The van der Waals surface area contributed by atoms with Gasteiger partial charge in [-0.25, -0.2) is 0 Å². The van der Waals surface area contributed by atoms with E-state index < -0.39 is 0 Å². The molecular formula is C17H30N2O. The number of rotatable bonds is 2. The molecule has 3 nitrogen and oxygen atoms in total. The number of carbonyl (C=O) groups is 1. The van der Waals surface area contributed by atoms with Crippen molar-refractivity contribution in [2.75, 3.05) is 26.2 Å². The molecule has 3 rings (SSSR count). The van der Waals surface area contributed by atoms with Crippen LogP contribution in [0.25, 0.3) is 0 Å². The van der Waals surface area contributed by atoms with Gasteiger partial charge in [-0.05, 0) is 51.0 Å². The zero-order valence-electron chi connectivity index (χ0n) is 12.8. The Kier molecular flexibility index (Phi) is 4.65. The van der Waals surface area contributed by atoms with Crippen LogP contribution in [0.3, 0.4) is 0 Å². The van der Waals surface area contributed by atoms with Crippen LogP contribution in [0, 0.1) is 11.3 Å². The molecule has 2 saturated heterocycles. The second-order valence-corrected chi connectivity index (χ2v) is 7.41. The Bertz CT molecular complexity index is 324. The molecule has 1 aliphatic carbocycles. The largest absolute Gasteiger partial charge is 0.342 e. The molecule has 1 amide bonds. The molecule has 114 valence electrons. The van der Waals surface area contributed by atoms with Crippen LogP contribution in [-0.4, -0.2) is 37.0 Å². The van der Waals surface area contributed by atoms with E-state index >= 15 is 0 Å². The van der Waals surface area contributed by atoms with Crippen molar-refractivity contribution in [2.45, 2.75) is 64.2 Å². The number of hydrogen-bond acceptors (Lipinski definition) is 2. The van der Waals surface area contributed by atoms with Crippen molar-refractivity contribution in [1.82, 2.24) is 10.2 Å². The summed E-state index contributed by atoms with van der Waals surface area (Å²) >= 11 is 0. The van der Waals surface area contributed by atoms with E-state index in [9.17, 15) is 4.79 Å². The first-order chi connectivity index (χ1) is 9.77. The van der Waals surface area contributed by atoms with Gasteiger partial charge in [0.05, 0.1) is 0 Å². The summed E-state index contributed by atoms with van der Waals surface area (Å²) in [6, 6.07) is 0. The third-order valence-electron chi connectivity index (χ3n) is 5.76. The minimum Gasteiger partial charge on any atom is -0.342 e. The van der Waals surface area contributed by atoms with E-state index in [1.54, 1.807) is 0 Å². The van der Waals surface area contributed by atoms with Gasteiger partial charge in [-0.1, -0.05) is 19.3 Å². The van der Waals surface area contributed by atoms with Gasteiger partial charge in [0.25, 0.3) is 0 Å². The zero-order valence-corrected chi connectivity index (χ0v) is 12.8. The van der Waals surface area contributed by atoms with Crippen molar-refractivity contribution in [3.05, 3.63) is 0 Å². The number of likely N-dealkylation sites (tertiary alicyclic amines) is 1. The first kappa shape index (κ1) is 14.4. The van der Waals surface area contributed by atoms with E-state index in [0.29, 0.717) is 17.2 Å². The lowest BCUT2D eigenvalue weighted by atomic mass is 9.74. The molecule has 2 heterocycles. The molecule has 0 aromatic carbocycles. The van der Waals surface area contributed by atoms with Crippen LogP contribution in [0.15, 0.2) is 0 Å². The van der Waals surface area contributed by atoms with Crippen LogP contribution in [0.1, 0.15) is 64.2 Å². The third-order valence-corrected chi connectivity index (χ3v) is 5.76. The molecule has 3 fully saturated rings. The summed E-state index contributed by atoms with van der Waals surface area (Å²) < 4.78 is 0. The van der Waals surface area contributed by atoms with Crippen LogP contribution in [0.4, 0.5) is 0 Å². The number of hydrogen-bond donors (Lipinski definition) is 1. The van der Waals surface area contributed by atoms with Crippen LogP contribution >= 0.6 is 0 Å². The molecule has 0 aromatic rings. The fourth-order valence-electron chi connectivity index (χ4n) is 4.57. The van der Waals surface area contributed by atoms with E-state index in [-0.39, 0.29) is 0 Å². The normalized spacial score (nSPS) is 32.5. The van der Waals surface area contributed by atoms with E-state index in [4.69, 9.17) is 0 Å². The molecular weight excluding hydrogens is 248 g/mol. The van der Waals surface area contributed by atoms with Gasteiger partial charge < -0.3 is 10.2 Å². The Balaban J connectivity index is 1.54. The van der Waals surface area contributed by atoms with Crippen molar-refractivity contribution < 1.29 is 4.79 Å². The van der Waals surface area contributed by atoms with Gasteiger partial charge in [-0.2, -0.15) is 0 Å². The minimum atomic E-state index is 0.402. The van der Waals surface area contributed by atoms with Crippen molar-refractivity contribution in [3.63, 3.8) is 0 Å². The smallest absolute Gasteiger partial charge is 0.222 e. The summed E-state index contributed by atoms with van der Waals surface area (Å²) in [6.07, 6.45) is 12.6. The monoisotopic (exact) mass is 278 g/mol. The molecule has 1 atom stereocenters. The topological polar surface area (TPSA) is 32.3 Å². The minimum absolute atomic E-state index is 0.402. The molecule has 3 aliphatic rings. The van der Waals surface area contributed by atoms with E-state index in [0.717, 1.165) is 32.6 Å². The van der Waals surface area contributed by atoms with Gasteiger partial charge in [-0.15, -0.1) is 0 Å². The first-order valence-electron chi connectivity index (χ1n) is 8.76. The number of nitrogens with one attached hydrogen (secondary N) is 1. The van der Waals surface area contributed by atoms with Gasteiger partial charge in [0.1, 0.15) is 0 Å². The summed E-state index contributed by atoms with van der Waals surface area (Å²) in [5, 5.41) is 3.55. The predicted octanol–water partition coefficient (Wildman–Crippen LogP) is 2.95. The van der Waals surface area contributed by atoms with E-state index in [1.807, 2.05) is 0 Å². The lowest BCUT2D eigenvalue weighted by molar-refractivity contribution is -0.136. The number of nitrogens with zero attached hydrogens (tertiary/aromatic N) is 1. The SMILES string of the molecule is O=C(CC1CCCCC1)N1CCCC2(CCCNC2)C1. The van der Waals surface area contributed by atoms with Crippen molar-refractivity contribution in [1.29, 1.82) is 0 Å². The third kappa shape index (κ3) is 3.36. The first-order valence-corrected chi connectivity index (χ1v) is 8.76. The summed E-state index contributed by atoms with van der Waals surface area (Å²) in [4.78, 5) is 14.8. The van der Waals surface area contributed by atoms with Gasteiger partial charge in [0, 0.05) is 31.5 Å². The second-order valence-electron chi connectivity index (χ2n) is 7.41. The molecule has 1 saturated carbocycles. The van der Waals surface area contributed by atoms with Crippen molar-refractivity contribution >= 4 is 5.91 Å². The standard InChI is InChI=1S/C17H30N2O/c20-16(12-15-6-2-1-3-7-15)19-11-5-9-17(14-19)8-4-10-18-13-17/h15,18H,1-14H2. The maximum atomic E-state index is 12.6. The highest BCUT2D eigenvalue weighted by Crippen LogP contribution is 2.36. The number of carbonyl (C=O) groups excluding carboxylic acids is 1. The highest BCUT2D eigenvalue weighted by molar-refractivity contribution is 5.76. The van der Waals surface area contributed by atoms with Crippen LogP contribution in [-0.2, 0) is 4.79 Å². The average Bonchev–Trinajstić information content (AvgIpc) is 2.49. The highest BCUT2D eigenvalue weighted by atomic mass is 16.2. The second kappa shape index (κ2) is 6.46. The number of amides is 1. The van der Waals surface area contributed by atoms with Gasteiger partial charge in [-0.3, -0.25) is 4.79 Å². The molecule has 1 N–H and O–H groups in total. The predicted molar refractivity (Wildman–Crippen MR) is 81.5 cm³/mol. The molecule has 0 radical (unpaired) electrons. The summed E-state index contributed by atoms with van der Waals surface area (Å²) in [5.41, 5.74) is 0.402. The molecule has 1 spiro atoms.